The van der Waals surface area contributed by atoms with Crippen LogP contribution in [0.15, 0.2) is 18.2 Å². The average Bonchev–Trinajstić information content (AvgIpc) is 2.92. The summed E-state index contributed by atoms with van der Waals surface area (Å²) in [5.74, 6) is 0.352. The maximum Gasteiger partial charge on any atom is 0.155 e. The summed E-state index contributed by atoms with van der Waals surface area (Å²) < 4.78 is 24.9. The van der Waals surface area contributed by atoms with Gasteiger partial charge in [-0.2, -0.15) is 0 Å². The number of sulfone groups is 1. The molecule has 3 rings (SSSR count). The van der Waals surface area contributed by atoms with Crippen molar-refractivity contribution in [2.24, 2.45) is 0 Å². The molecule has 2 aliphatic rings. The van der Waals surface area contributed by atoms with Crippen molar-refractivity contribution in [2.75, 3.05) is 12.3 Å². The summed E-state index contributed by atoms with van der Waals surface area (Å²) in [6, 6.07) is 6.55. The molecule has 0 spiro atoms. The van der Waals surface area contributed by atoms with Crippen molar-refractivity contribution >= 4 is 9.84 Å². The molecule has 1 fully saturated rings. The predicted octanol–water partition coefficient (Wildman–Crippen LogP) is 2.79. The fourth-order valence-electron chi connectivity index (χ4n) is 3.82. The van der Waals surface area contributed by atoms with E-state index < -0.39 is 9.84 Å². The Morgan fingerprint density at radius 1 is 1.19 bits per heavy atom. The minimum absolute atomic E-state index is 0.0498. The number of fused-ring (bicyclic) bond motifs is 1. The van der Waals surface area contributed by atoms with Gasteiger partial charge in [0.05, 0.1) is 11.0 Å². The molecule has 116 valence electrons. The van der Waals surface area contributed by atoms with Gasteiger partial charge in [0.15, 0.2) is 9.84 Å². The second-order valence-corrected chi connectivity index (χ2v) is 8.66. The second kappa shape index (κ2) is 6.09. The van der Waals surface area contributed by atoms with E-state index in [-0.39, 0.29) is 11.3 Å². The van der Waals surface area contributed by atoms with Crippen LogP contribution >= 0.6 is 0 Å². The van der Waals surface area contributed by atoms with Gasteiger partial charge in [0.25, 0.3) is 0 Å². The van der Waals surface area contributed by atoms with Crippen LogP contribution in [0.5, 0.6) is 0 Å². The van der Waals surface area contributed by atoms with Crippen LogP contribution in [0.3, 0.4) is 0 Å². The maximum absolute atomic E-state index is 12.5. The van der Waals surface area contributed by atoms with Crippen molar-refractivity contribution in [1.29, 1.82) is 0 Å². The molecule has 1 heterocycles. The second-order valence-electron chi connectivity index (χ2n) is 6.32. The Hall–Kier alpha value is -0.870. The zero-order valence-corrected chi connectivity index (χ0v) is 13.6. The molecule has 0 aromatic heterocycles. The Kier molecular flexibility index (Phi) is 4.36. The van der Waals surface area contributed by atoms with Crippen LogP contribution in [0.25, 0.3) is 0 Å². The standard InChI is InChI=1S/C17H25NO2S/c1-2-18-17(16-8-3-4-11-21(16,19)20)15-10-9-13-6-5-7-14(13)12-15/h9-10,12,16-18H,2-8,11H2,1H3. The quantitative estimate of drug-likeness (QED) is 0.930. The highest BCUT2D eigenvalue weighted by Crippen LogP contribution is 2.33. The molecule has 1 aliphatic carbocycles. The van der Waals surface area contributed by atoms with Gasteiger partial charge in [-0.25, -0.2) is 8.42 Å². The number of hydrogen-bond donors (Lipinski definition) is 1. The third-order valence-corrected chi connectivity index (χ3v) is 7.19. The molecule has 0 bridgehead atoms. The van der Waals surface area contributed by atoms with E-state index in [1.807, 2.05) is 0 Å². The summed E-state index contributed by atoms with van der Waals surface area (Å²) in [5, 5.41) is 3.18. The molecule has 0 amide bonds. The van der Waals surface area contributed by atoms with Gasteiger partial charge in [-0.15, -0.1) is 0 Å². The van der Waals surface area contributed by atoms with Crippen molar-refractivity contribution in [3.05, 3.63) is 34.9 Å². The number of aryl methyl sites for hydroxylation is 2. The minimum atomic E-state index is -2.97. The van der Waals surface area contributed by atoms with E-state index in [9.17, 15) is 8.42 Å². The first-order valence-corrected chi connectivity index (χ1v) is 9.90. The van der Waals surface area contributed by atoms with Crippen molar-refractivity contribution in [3.8, 4) is 0 Å². The molecule has 2 unspecified atom stereocenters. The Bertz CT molecular complexity index is 609. The fraction of sp³-hybridized carbons (Fsp3) is 0.647. The van der Waals surface area contributed by atoms with Crippen LogP contribution in [0.2, 0.25) is 0 Å². The van der Waals surface area contributed by atoms with Crippen LogP contribution < -0.4 is 5.32 Å². The first-order valence-electron chi connectivity index (χ1n) is 8.18. The van der Waals surface area contributed by atoms with Crippen LogP contribution in [-0.4, -0.2) is 26.0 Å². The van der Waals surface area contributed by atoms with Crippen LogP contribution in [0.4, 0.5) is 0 Å². The smallest absolute Gasteiger partial charge is 0.155 e. The minimum Gasteiger partial charge on any atom is -0.309 e. The molecule has 4 heteroatoms. The SMILES string of the molecule is CCNC(c1ccc2c(c1)CCC2)C1CCCCS1(=O)=O. The van der Waals surface area contributed by atoms with E-state index in [0.717, 1.165) is 37.8 Å². The van der Waals surface area contributed by atoms with Gasteiger partial charge in [0.2, 0.25) is 0 Å². The molecule has 3 nitrogen and oxygen atoms in total. The summed E-state index contributed by atoms with van der Waals surface area (Å²) in [5.41, 5.74) is 4.03. The highest BCUT2D eigenvalue weighted by molar-refractivity contribution is 7.92. The monoisotopic (exact) mass is 307 g/mol. The van der Waals surface area contributed by atoms with Crippen molar-refractivity contribution < 1.29 is 8.42 Å². The Balaban J connectivity index is 1.94. The first kappa shape index (κ1) is 15.0. The zero-order chi connectivity index (χ0) is 14.9. The van der Waals surface area contributed by atoms with Crippen molar-refractivity contribution in [2.45, 2.75) is 56.7 Å². The van der Waals surface area contributed by atoms with Gasteiger partial charge >= 0.3 is 0 Å². The Labute approximate surface area is 128 Å². The van der Waals surface area contributed by atoms with Crippen LogP contribution in [0.1, 0.15) is 55.3 Å². The zero-order valence-electron chi connectivity index (χ0n) is 12.8. The first-order chi connectivity index (χ1) is 10.1. The molecule has 21 heavy (non-hydrogen) atoms. The van der Waals surface area contributed by atoms with Crippen LogP contribution in [-0.2, 0) is 22.7 Å². The lowest BCUT2D eigenvalue weighted by Gasteiger charge is -2.31. The number of benzene rings is 1. The number of nitrogens with one attached hydrogen (secondary N) is 1. The summed E-state index contributed by atoms with van der Waals surface area (Å²) in [7, 11) is -2.97. The normalized spacial score (nSPS) is 25.5. The summed E-state index contributed by atoms with van der Waals surface area (Å²) >= 11 is 0. The highest BCUT2D eigenvalue weighted by atomic mass is 32.2. The third-order valence-electron chi connectivity index (χ3n) is 4.91. The van der Waals surface area contributed by atoms with Gasteiger partial charge in [0.1, 0.15) is 0 Å². The molecule has 1 aliphatic heterocycles. The van der Waals surface area contributed by atoms with E-state index in [2.05, 4.69) is 30.4 Å². The van der Waals surface area contributed by atoms with E-state index in [4.69, 9.17) is 0 Å². The molecule has 1 N–H and O–H groups in total. The van der Waals surface area contributed by atoms with Gasteiger partial charge < -0.3 is 5.32 Å². The fourth-order valence-corrected chi connectivity index (χ4v) is 5.93. The van der Waals surface area contributed by atoms with Crippen LogP contribution in [0, 0.1) is 0 Å². The van der Waals surface area contributed by atoms with Gasteiger partial charge in [0, 0.05) is 6.04 Å². The number of hydrogen-bond acceptors (Lipinski definition) is 3. The molecular weight excluding hydrogens is 282 g/mol. The Morgan fingerprint density at radius 2 is 2.00 bits per heavy atom. The van der Waals surface area contributed by atoms with Gasteiger partial charge in [-0.1, -0.05) is 31.5 Å². The summed E-state index contributed by atoms with van der Waals surface area (Å²) in [6.07, 6.45) is 6.17. The highest BCUT2D eigenvalue weighted by Gasteiger charge is 2.36. The van der Waals surface area contributed by atoms with E-state index >= 15 is 0 Å². The van der Waals surface area contributed by atoms with Crippen molar-refractivity contribution in [1.82, 2.24) is 5.32 Å². The lowest BCUT2D eigenvalue weighted by molar-refractivity contribution is 0.454. The average molecular weight is 307 g/mol. The molecular formula is C17H25NO2S. The lowest BCUT2D eigenvalue weighted by Crippen LogP contribution is -2.40. The molecule has 0 radical (unpaired) electrons. The summed E-state index contributed by atoms with van der Waals surface area (Å²) in [6.45, 7) is 2.85. The molecule has 0 saturated carbocycles. The van der Waals surface area contributed by atoms with E-state index in [0.29, 0.717) is 5.75 Å². The molecule has 2 atom stereocenters. The van der Waals surface area contributed by atoms with Gasteiger partial charge in [-0.3, -0.25) is 0 Å². The largest absolute Gasteiger partial charge is 0.309 e. The molecule has 1 saturated heterocycles. The topological polar surface area (TPSA) is 46.2 Å². The number of rotatable bonds is 4. The van der Waals surface area contributed by atoms with E-state index in [1.54, 1.807) is 0 Å². The summed E-state index contributed by atoms with van der Waals surface area (Å²) in [4.78, 5) is 0. The maximum atomic E-state index is 12.5. The molecule has 1 aromatic rings. The predicted molar refractivity (Wildman–Crippen MR) is 86.3 cm³/mol. The lowest BCUT2D eigenvalue weighted by atomic mass is 9.96. The third kappa shape index (κ3) is 3.02. The van der Waals surface area contributed by atoms with Gasteiger partial charge in [-0.05, 0) is 55.3 Å². The Morgan fingerprint density at radius 3 is 2.76 bits per heavy atom. The van der Waals surface area contributed by atoms with Crippen molar-refractivity contribution in [3.63, 3.8) is 0 Å². The van der Waals surface area contributed by atoms with E-state index in [1.165, 1.54) is 24.0 Å². The molecule has 1 aromatic carbocycles.